The summed E-state index contributed by atoms with van der Waals surface area (Å²) >= 11 is 5.82. The van der Waals surface area contributed by atoms with Crippen LogP contribution in [-0.4, -0.2) is 30.6 Å². The predicted molar refractivity (Wildman–Crippen MR) is 71.8 cm³/mol. The standard InChI is InChI=1S/C14H17ClN2O/c15-12-3-5-14(6-4-12)18-11-13(7-8-16)17-9-1-2-10-17/h3-6,13H,1-2,7,9-11H2. The molecule has 0 saturated carbocycles. The number of rotatable bonds is 5. The smallest absolute Gasteiger partial charge is 0.119 e. The summed E-state index contributed by atoms with van der Waals surface area (Å²) in [6, 6.07) is 9.79. The minimum absolute atomic E-state index is 0.202. The Balaban J connectivity index is 1.89. The van der Waals surface area contributed by atoms with Crippen LogP contribution in [0.2, 0.25) is 5.02 Å². The van der Waals surface area contributed by atoms with Crippen molar-refractivity contribution in [2.24, 2.45) is 0 Å². The van der Waals surface area contributed by atoms with E-state index in [-0.39, 0.29) is 6.04 Å². The summed E-state index contributed by atoms with van der Waals surface area (Å²) in [5, 5.41) is 9.59. The number of likely N-dealkylation sites (tertiary alicyclic amines) is 1. The van der Waals surface area contributed by atoms with Crippen LogP contribution in [0.5, 0.6) is 5.75 Å². The maximum atomic E-state index is 8.88. The van der Waals surface area contributed by atoms with Gasteiger partial charge < -0.3 is 4.74 Å². The topological polar surface area (TPSA) is 36.3 Å². The molecule has 1 aromatic carbocycles. The quantitative estimate of drug-likeness (QED) is 0.820. The van der Waals surface area contributed by atoms with Crippen molar-refractivity contribution in [3.8, 4) is 11.8 Å². The summed E-state index contributed by atoms with van der Waals surface area (Å²) in [4.78, 5) is 2.35. The average Bonchev–Trinajstić information content (AvgIpc) is 2.90. The molecule has 2 rings (SSSR count). The van der Waals surface area contributed by atoms with Crippen LogP contribution >= 0.6 is 11.6 Å². The fraction of sp³-hybridized carbons (Fsp3) is 0.500. The highest BCUT2D eigenvalue weighted by Gasteiger charge is 2.22. The first kappa shape index (κ1) is 13.2. The number of ether oxygens (including phenoxy) is 1. The van der Waals surface area contributed by atoms with Gasteiger partial charge in [-0.1, -0.05) is 11.6 Å². The van der Waals surface area contributed by atoms with Gasteiger partial charge in [0.2, 0.25) is 0 Å². The highest BCUT2D eigenvalue weighted by molar-refractivity contribution is 6.30. The molecule has 18 heavy (non-hydrogen) atoms. The van der Waals surface area contributed by atoms with Crippen LogP contribution in [0.1, 0.15) is 19.3 Å². The van der Waals surface area contributed by atoms with Crippen molar-refractivity contribution < 1.29 is 4.74 Å². The molecule has 4 heteroatoms. The lowest BCUT2D eigenvalue weighted by molar-refractivity contribution is 0.162. The van der Waals surface area contributed by atoms with Crippen molar-refractivity contribution in [3.05, 3.63) is 29.3 Å². The van der Waals surface area contributed by atoms with Gasteiger partial charge in [-0.15, -0.1) is 0 Å². The Morgan fingerprint density at radius 1 is 1.28 bits per heavy atom. The normalized spacial score (nSPS) is 17.3. The van der Waals surface area contributed by atoms with Gasteiger partial charge in [-0.25, -0.2) is 0 Å². The second-order valence-electron chi connectivity index (χ2n) is 4.52. The van der Waals surface area contributed by atoms with E-state index in [9.17, 15) is 0 Å². The van der Waals surface area contributed by atoms with Gasteiger partial charge in [-0.2, -0.15) is 5.26 Å². The van der Waals surface area contributed by atoms with Gasteiger partial charge in [0.05, 0.1) is 18.5 Å². The van der Waals surface area contributed by atoms with E-state index >= 15 is 0 Å². The largest absolute Gasteiger partial charge is 0.492 e. The van der Waals surface area contributed by atoms with Gasteiger partial charge in [-0.05, 0) is 50.2 Å². The van der Waals surface area contributed by atoms with Crippen LogP contribution in [0, 0.1) is 11.3 Å². The number of nitriles is 1. The molecule has 1 aliphatic heterocycles. The molecule has 1 saturated heterocycles. The van der Waals surface area contributed by atoms with E-state index in [2.05, 4.69) is 11.0 Å². The van der Waals surface area contributed by atoms with Crippen LogP contribution in [0.3, 0.4) is 0 Å². The van der Waals surface area contributed by atoms with E-state index in [0.29, 0.717) is 18.1 Å². The Kier molecular flexibility index (Phi) is 4.86. The summed E-state index contributed by atoms with van der Waals surface area (Å²) in [5.41, 5.74) is 0. The van der Waals surface area contributed by atoms with E-state index in [0.717, 1.165) is 18.8 Å². The zero-order valence-corrected chi connectivity index (χ0v) is 11.1. The lowest BCUT2D eigenvalue weighted by atomic mass is 10.2. The van der Waals surface area contributed by atoms with E-state index in [1.807, 2.05) is 24.3 Å². The van der Waals surface area contributed by atoms with E-state index in [1.54, 1.807) is 0 Å². The van der Waals surface area contributed by atoms with Crippen LogP contribution in [0.4, 0.5) is 0 Å². The van der Waals surface area contributed by atoms with Crippen molar-refractivity contribution >= 4 is 11.6 Å². The fourth-order valence-corrected chi connectivity index (χ4v) is 2.35. The summed E-state index contributed by atoms with van der Waals surface area (Å²) in [5.74, 6) is 0.807. The van der Waals surface area contributed by atoms with E-state index in [1.165, 1.54) is 12.8 Å². The molecule has 0 N–H and O–H groups in total. The Morgan fingerprint density at radius 2 is 1.94 bits per heavy atom. The van der Waals surface area contributed by atoms with Crippen molar-refractivity contribution in [3.63, 3.8) is 0 Å². The highest BCUT2D eigenvalue weighted by atomic mass is 35.5. The van der Waals surface area contributed by atoms with Gasteiger partial charge >= 0.3 is 0 Å². The van der Waals surface area contributed by atoms with Crippen LogP contribution in [-0.2, 0) is 0 Å². The van der Waals surface area contributed by atoms with Crippen molar-refractivity contribution in [2.45, 2.75) is 25.3 Å². The number of halogens is 1. The molecule has 0 bridgehead atoms. The molecular weight excluding hydrogens is 248 g/mol. The van der Waals surface area contributed by atoms with E-state index in [4.69, 9.17) is 21.6 Å². The molecule has 1 heterocycles. The maximum absolute atomic E-state index is 8.88. The third-order valence-electron chi connectivity index (χ3n) is 3.24. The van der Waals surface area contributed by atoms with Crippen molar-refractivity contribution in [1.29, 1.82) is 5.26 Å². The second kappa shape index (κ2) is 6.63. The van der Waals surface area contributed by atoms with E-state index < -0.39 is 0 Å². The molecule has 3 nitrogen and oxygen atoms in total. The zero-order chi connectivity index (χ0) is 12.8. The number of nitrogens with zero attached hydrogens (tertiary/aromatic N) is 2. The van der Waals surface area contributed by atoms with Crippen molar-refractivity contribution in [2.75, 3.05) is 19.7 Å². The molecule has 1 fully saturated rings. The summed E-state index contributed by atoms with van der Waals surface area (Å²) in [7, 11) is 0. The van der Waals surface area contributed by atoms with Gasteiger partial charge in [0.25, 0.3) is 0 Å². The highest BCUT2D eigenvalue weighted by Crippen LogP contribution is 2.18. The monoisotopic (exact) mass is 264 g/mol. The number of benzene rings is 1. The first-order chi connectivity index (χ1) is 8.79. The Bertz CT molecular complexity index is 407. The molecule has 0 aromatic heterocycles. The van der Waals surface area contributed by atoms with Crippen LogP contribution in [0.15, 0.2) is 24.3 Å². The average molecular weight is 265 g/mol. The van der Waals surface area contributed by atoms with Gasteiger partial charge in [-0.3, -0.25) is 4.90 Å². The SMILES string of the molecule is N#CCC(COc1ccc(Cl)cc1)N1CCCC1. The lowest BCUT2D eigenvalue weighted by Gasteiger charge is -2.25. The van der Waals surface area contributed by atoms with Gasteiger partial charge in [0.1, 0.15) is 12.4 Å². The Hall–Kier alpha value is -1.24. The summed E-state index contributed by atoms with van der Waals surface area (Å²) < 4.78 is 5.74. The molecule has 1 aromatic rings. The minimum atomic E-state index is 0.202. The zero-order valence-electron chi connectivity index (χ0n) is 10.3. The van der Waals surface area contributed by atoms with Gasteiger partial charge in [0, 0.05) is 5.02 Å². The Labute approximate surface area is 113 Å². The van der Waals surface area contributed by atoms with Gasteiger partial charge in [0.15, 0.2) is 0 Å². The van der Waals surface area contributed by atoms with Crippen LogP contribution < -0.4 is 4.74 Å². The molecule has 96 valence electrons. The molecule has 0 aliphatic carbocycles. The number of hydrogen-bond donors (Lipinski definition) is 0. The molecular formula is C14H17ClN2O. The summed E-state index contributed by atoms with van der Waals surface area (Å²) in [6.07, 6.45) is 2.97. The molecule has 1 unspecified atom stereocenters. The fourth-order valence-electron chi connectivity index (χ4n) is 2.23. The molecule has 0 amide bonds. The predicted octanol–water partition coefficient (Wildman–Crippen LogP) is 3.10. The third kappa shape index (κ3) is 3.63. The molecule has 1 atom stereocenters. The maximum Gasteiger partial charge on any atom is 0.119 e. The summed E-state index contributed by atoms with van der Waals surface area (Å²) in [6.45, 7) is 2.72. The molecule has 0 spiro atoms. The minimum Gasteiger partial charge on any atom is -0.492 e. The Morgan fingerprint density at radius 3 is 2.56 bits per heavy atom. The lowest BCUT2D eigenvalue weighted by Crippen LogP contribution is -2.37. The van der Waals surface area contributed by atoms with Crippen LogP contribution in [0.25, 0.3) is 0 Å². The molecule has 0 radical (unpaired) electrons. The molecule has 1 aliphatic rings. The third-order valence-corrected chi connectivity index (χ3v) is 3.49. The first-order valence-corrected chi connectivity index (χ1v) is 6.67. The number of hydrogen-bond acceptors (Lipinski definition) is 3. The first-order valence-electron chi connectivity index (χ1n) is 6.29. The van der Waals surface area contributed by atoms with Crippen molar-refractivity contribution in [1.82, 2.24) is 4.90 Å². The second-order valence-corrected chi connectivity index (χ2v) is 4.96.